The predicted octanol–water partition coefficient (Wildman–Crippen LogP) is 1.66. The van der Waals surface area contributed by atoms with Crippen molar-refractivity contribution in [1.29, 1.82) is 0 Å². The Hall–Kier alpha value is -1.36. The normalized spacial score (nSPS) is 8.82. The maximum atomic E-state index is 5.59. The van der Waals surface area contributed by atoms with Crippen molar-refractivity contribution < 1.29 is 4.74 Å². The van der Waals surface area contributed by atoms with Crippen LogP contribution in [0.3, 0.4) is 0 Å². The summed E-state index contributed by atoms with van der Waals surface area (Å²) in [4.78, 5) is 0. The molecular formula is C9H11NO. The van der Waals surface area contributed by atoms with Gasteiger partial charge in [-0.2, -0.15) is 0 Å². The highest BCUT2D eigenvalue weighted by Gasteiger charge is 1.94. The van der Waals surface area contributed by atoms with Gasteiger partial charge in [0.2, 0.25) is 0 Å². The van der Waals surface area contributed by atoms with E-state index in [-0.39, 0.29) is 0 Å². The molecule has 0 bridgehead atoms. The maximum absolute atomic E-state index is 5.59. The van der Waals surface area contributed by atoms with E-state index in [0.717, 1.165) is 6.42 Å². The van der Waals surface area contributed by atoms with E-state index < -0.39 is 0 Å². The van der Waals surface area contributed by atoms with Crippen LogP contribution in [-0.2, 0) is 0 Å². The Labute approximate surface area is 67.0 Å². The molecule has 0 heterocycles. The molecule has 0 atom stereocenters. The molecule has 0 aliphatic heterocycles. The van der Waals surface area contributed by atoms with Crippen molar-refractivity contribution >= 4 is 5.69 Å². The van der Waals surface area contributed by atoms with Crippen molar-refractivity contribution in [2.45, 2.75) is 13.3 Å². The van der Waals surface area contributed by atoms with E-state index in [1.165, 1.54) is 0 Å². The fourth-order valence-corrected chi connectivity index (χ4v) is 0.710. The average Bonchev–Trinajstić information content (AvgIpc) is 2.03. The van der Waals surface area contributed by atoms with Crippen molar-refractivity contribution in [3.05, 3.63) is 24.3 Å². The highest BCUT2D eigenvalue weighted by atomic mass is 16.5. The summed E-state index contributed by atoms with van der Waals surface area (Å²) in [6.45, 7) is 2.72. The molecule has 0 radical (unpaired) electrons. The van der Waals surface area contributed by atoms with Gasteiger partial charge in [-0.15, -0.1) is 0 Å². The van der Waals surface area contributed by atoms with Gasteiger partial charge in [0.1, 0.15) is 0 Å². The minimum absolute atomic E-state index is 0.606. The third-order valence-electron chi connectivity index (χ3n) is 1.24. The summed E-state index contributed by atoms with van der Waals surface area (Å²) in [6, 6.07) is 9.05. The van der Waals surface area contributed by atoms with Crippen LogP contribution in [0.5, 0.6) is 5.75 Å². The molecule has 0 aliphatic carbocycles. The lowest BCUT2D eigenvalue weighted by Crippen LogP contribution is -1.97. The van der Waals surface area contributed by atoms with Crippen LogP contribution in [0.4, 0.5) is 5.69 Å². The van der Waals surface area contributed by atoms with E-state index in [1.54, 1.807) is 12.1 Å². The Balaban J connectivity index is 2.62. The monoisotopic (exact) mass is 149 g/mol. The standard InChI is InChI=1S/C9H11NO/c1-2-7-11-9-6-4-3-5-8(9)10/h3,5H,2,7,10H2,1H3. The molecule has 1 aromatic rings. The molecule has 58 valence electrons. The van der Waals surface area contributed by atoms with E-state index in [0.29, 0.717) is 18.0 Å². The minimum Gasteiger partial charge on any atom is -0.484 e. The van der Waals surface area contributed by atoms with Gasteiger partial charge >= 0.3 is 0 Å². The average molecular weight is 149 g/mol. The first-order chi connectivity index (χ1) is 5.34. The Bertz CT molecular complexity index is 223. The van der Waals surface area contributed by atoms with Crippen molar-refractivity contribution in [1.82, 2.24) is 0 Å². The van der Waals surface area contributed by atoms with Gasteiger partial charge in [0.05, 0.1) is 12.3 Å². The van der Waals surface area contributed by atoms with E-state index in [9.17, 15) is 0 Å². The van der Waals surface area contributed by atoms with Crippen LogP contribution in [0.25, 0.3) is 0 Å². The van der Waals surface area contributed by atoms with Gasteiger partial charge < -0.3 is 10.5 Å². The first-order valence-corrected chi connectivity index (χ1v) is 3.65. The van der Waals surface area contributed by atoms with Crippen molar-refractivity contribution in [3.8, 4) is 5.75 Å². The third-order valence-corrected chi connectivity index (χ3v) is 1.24. The number of rotatable bonds is 3. The van der Waals surface area contributed by atoms with E-state index in [4.69, 9.17) is 10.5 Å². The van der Waals surface area contributed by atoms with Gasteiger partial charge in [-0.25, -0.2) is 0 Å². The summed E-state index contributed by atoms with van der Waals surface area (Å²) >= 11 is 0. The molecule has 2 nitrogen and oxygen atoms in total. The molecule has 0 amide bonds. The van der Waals surface area contributed by atoms with Gasteiger partial charge in [-0.3, -0.25) is 0 Å². The zero-order chi connectivity index (χ0) is 8.10. The highest BCUT2D eigenvalue weighted by molar-refractivity contribution is 5.49. The topological polar surface area (TPSA) is 35.2 Å². The summed E-state index contributed by atoms with van der Waals surface area (Å²) in [5.41, 5.74) is 6.21. The molecule has 0 aliphatic rings. The molecule has 11 heavy (non-hydrogen) atoms. The zero-order valence-corrected chi connectivity index (χ0v) is 6.55. The third kappa shape index (κ3) is 2.05. The molecule has 0 fully saturated rings. The molecule has 0 saturated heterocycles. The van der Waals surface area contributed by atoms with E-state index >= 15 is 0 Å². The summed E-state index contributed by atoms with van der Waals surface area (Å²) in [6.07, 6.45) is 0.974. The predicted molar refractivity (Wildman–Crippen MR) is 44.3 cm³/mol. The fourth-order valence-electron chi connectivity index (χ4n) is 0.710. The molecule has 1 aromatic carbocycles. The SMILES string of the molecule is CCCOc1c#cccc1N. The second-order valence-corrected chi connectivity index (χ2v) is 2.24. The van der Waals surface area contributed by atoms with Crippen molar-refractivity contribution in [2.24, 2.45) is 0 Å². The molecule has 0 spiro atoms. The summed E-state index contributed by atoms with van der Waals surface area (Å²) in [5, 5.41) is 0. The quantitative estimate of drug-likeness (QED) is 0.709. The van der Waals surface area contributed by atoms with Crippen LogP contribution in [0.1, 0.15) is 13.3 Å². The number of nitrogens with two attached hydrogens (primary N) is 1. The Morgan fingerprint density at radius 3 is 3.09 bits per heavy atom. The van der Waals surface area contributed by atoms with Crippen LogP contribution in [0.2, 0.25) is 0 Å². The lowest BCUT2D eigenvalue weighted by Gasteiger charge is -2.02. The van der Waals surface area contributed by atoms with Crippen LogP contribution in [0, 0.1) is 12.1 Å². The molecular weight excluding hydrogens is 138 g/mol. The number of anilines is 1. The molecule has 1 rings (SSSR count). The van der Waals surface area contributed by atoms with Gasteiger partial charge in [0.15, 0.2) is 5.75 Å². The number of ether oxygens (including phenoxy) is 1. The molecule has 2 N–H and O–H groups in total. The lowest BCUT2D eigenvalue weighted by atomic mass is 10.3. The number of hydrogen-bond donors (Lipinski definition) is 1. The minimum atomic E-state index is 0.606. The lowest BCUT2D eigenvalue weighted by molar-refractivity contribution is 0.319. The first kappa shape index (κ1) is 7.74. The second-order valence-electron chi connectivity index (χ2n) is 2.24. The molecule has 0 unspecified atom stereocenters. The van der Waals surface area contributed by atoms with Crippen LogP contribution >= 0.6 is 0 Å². The maximum Gasteiger partial charge on any atom is 0.193 e. The zero-order valence-electron chi connectivity index (χ0n) is 6.55. The Morgan fingerprint density at radius 1 is 1.64 bits per heavy atom. The molecule has 0 aromatic heterocycles. The molecule has 0 saturated carbocycles. The Morgan fingerprint density at radius 2 is 2.45 bits per heavy atom. The second kappa shape index (κ2) is 3.72. The summed E-state index contributed by atoms with van der Waals surface area (Å²) in [5.74, 6) is 0.606. The van der Waals surface area contributed by atoms with E-state index in [1.807, 2.05) is 6.92 Å². The van der Waals surface area contributed by atoms with E-state index in [2.05, 4.69) is 12.1 Å². The van der Waals surface area contributed by atoms with Gasteiger partial charge in [0, 0.05) is 0 Å². The Kier molecular flexibility index (Phi) is 2.62. The number of hydrogen-bond acceptors (Lipinski definition) is 2. The fraction of sp³-hybridized carbons (Fsp3) is 0.333. The van der Waals surface area contributed by atoms with Gasteiger partial charge in [0.25, 0.3) is 0 Å². The number of nitrogen functional groups attached to an aromatic ring is 1. The molecule has 2 heteroatoms. The van der Waals surface area contributed by atoms with Gasteiger partial charge in [-0.1, -0.05) is 13.0 Å². The summed E-state index contributed by atoms with van der Waals surface area (Å²) < 4.78 is 5.27. The van der Waals surface area contributed by atoms with Crippen LogP contribution < -0.4 is 10.5 Å². The van der Waals surface area contributed by atoms with Crippen molar-refractivity contribution in [3.63, 3.8) is 0 Å². The highest BCUT2D eigenvalue weighted by Crippen LogP contribution is 2.15. The first-order valence-electron chi connectivity index (χ1n) is 3.65. The largest absolute Gasteiger partial charge is 0.484 e. The summed E-state index contributed by atoms with van der Waals surface area (Å²) in [7, 11) is 0. The smallest absolute Gasteiger partial charge is 0.193 e. The van der Waals surface area contributed by atoms with Crippen molar-refractivity contribution in [2.75, 3.05) is 12.3 Å². The van der Waals surface area contributed by atoms with Crippen LogP contribution in [0.15, 0.2) is 12.1 Å². The van der Waals surface area contributed by atoms with Gasteiger partial charge in [-0.05, 0) is 24.6 Å². The van der Waals surface area contributed by atoms with Crippen LogP contribution in [-0.4, -0.2) is 6.61 Å².